The average Bonchev–Trinajstić information content (AvgIpc) is 2.65. The molecule has 1 aromatic carbocycles. The fraction of sp³-hybridized carbons (Fsp3) is 0.458. The standard InChI is InChI=1S/C24H26ClNO3/c1-17-10-20(7-8-21(17)25)29-13-19(27)11-23-14-24(15-23,16-23)22(28)6-2-4-18-5-3-9-26-12-18/h3,5,7-10,12H,2,4,6,11,13-16H2,1H3. The summed E-state index contributed by atoms with van der Waals surface area (Å²) in [4.78, 5) is 29.1. The number of pyridine rings is 1. The number of aromatic nitrogens is 1. The van der Waals surface area contributed by atoms with Gasteiger partial charge in [-0.25, -0.2) is 0 Å². The Kier molecular flexibility index (Phi) is 5.48. The molecule has 4 nitrogen and oxygen atoms in total. The highest BCUT2D eigenvalue weighted by atomic mass is 35.5. The van der Waals surface area contributed by atoms with Crippen molar-refractivity contribution in [2.45, 2.75) is 51.9 Å². The number of hydrogen-bond donors (Lipinski definition) is 0. The van der Waals surface area contributed by atoms with Gasteiger partial charge in [0.05, 0.1) is 0 Å². The van der Waals surface area contributed by atoms with E-state index in [0.717, 1.165) is 37.7 Å². The molecule has 0 spiro atoms. The molecule has 5 rings (SSSR count). The van der Waals surface area contributed by atoms with E-state index in [2.05, 4.69) is 4.98 Å². The van der Waals surface area contributed by atoms with Crippen molar-refractivity contribution in [1.82, 2.24) is 4.98 Å². The number of aryl methyl sites for hydroxylation is 2. The smallest absolute Gasteiger partial charge is 0.170 e. The molecule has 2 bridgehead atoms. The number of ketones is 2. The largest absolute Gasteiger partial charge is 0.486 e. The number of benzene rings is 1. The predicted octanol–water partition coefficient (Wildman–Crippen LogP) is 5.14. The Morgan fingerprint density at radius 3 is 2.69 bits per heavy atom. The van der Waals surface area contributed by atoms with Crippen molar-refractivity contribution in [3.05, 3.63) is 58.9 Å². The average molecular weight is 412 g/mol. The number of Topliss-reactive ketones (excluding diaryl/α,β-unsaturated/α-hetero) is 2. The van der Waals surface area contributed by atoms with Gasteiger partial charge in [-0.05, 0) is 79.8 Å². The predicted molar refractivity (Wildman–Crippen MR) is 112 cm³/mol. The molecule has 3 fully saturated rings. The van der Waals surface area contributed by atoms with E-state index in [1.54, 1.807) is 18.3 Å². The molecule has 29 heavy (non-hydrogen) atoms. The van der Waals surface area contributed by atoms with Gasteiger partial charge in [-0.15, -0.1) is 0 Å². The summed E-state index contributed by atoms with van der Waals surface area (Å²) < 4.78 is 5.62. The van der Waals surface area contributed by atoms with Crippen LogP contribution < -0.4 is 4.74 Å². The van der Waals surface area contributed by atoms with Gasteiger partial charge in [-0.1, -0.05) is 17.7 Å². The Balaban J connectivity index is 1.18. The van der Waals surface area contributed by atoms with E-state index in [4.69, 9.17) is 16.3 Å². The summed E-state index contributed by atoms with van der Waals surface area (Å²) in [6, 6.07) is 9.38. The van der Waals surface area contributed by atoms with Gasteiger partial charge >= 0.3 is 0 Å². The maximum absolute atomic E-state index is 12.6. The minimum atomic E-state index is -0.136. The van der Waals surface area contributed by atoms with E-state index < -0.39 is 0 Å². The Bertz CT molecular complexity index is 905. The number of halogens is 1. The first-order chi connectivity index (χ1) is 13.9. The molecule has 0 N–H and O–H groups in total. The lowest BCUT2D eigenvalue weighted by Crippen LogP contribution is -2.65. The lowest BCUT2D eigenvalue weighted by atomic mass is 9.33. The van der Waals surface area contributed by atoms with Crippen molar-refractivity contribution in [2.75, 3.05) is 6.61 Å². The summed E-state index contributed by atoms with van der Waals surface area (Å²) in [7, 11) is 0. The monoisotopic (exact) mass is 411 g/mol. The van der Waals surface area contributed by atoms with Crippen LogP contribution >= 0.6 is 11.6 Å². The van der Waals surface area contributed by atoms with E-state index in [1.807, 2.05) is 31.3 Å². The quantitative estimate of drug-likeness (QED) is 0.543. The number of rotatable bonds is 10. The Labute approximate surface area is 176 Å². The summed E-state index contributed by atoms with van der Waals surface area (Å²) >= 11 is 6.01. The van der Waals surface area contributed by atoms with Crippen LogP contribution in [-0.4, -0.2) is 23.2 Å². The van der Waals surface area contributed by atoms with E-state index in [-0.39, 0.29) is 23.2 Å². The molecule has 0 radical (unpaired) electrons. The molecule has 0 saturated heterocycles. The van der Waals surface area contributed by atoms with Gasteiger partial charge in [0.15, 0.2) is 5.78 Å². The van der Waals surface area contributed by atoms with Crippen molar-refractivity contribution in [2.24, 2.45) is 10.8 Å². The van der Waals surface area contributed by atoms with Gasteiger partial charge in [-0.2, -0.15) is 0 Å². The zero-order chi connectivity index (χ0) is 20.5. The first kappa shape index (κ1) is 20.1. The summed E-state index contributed by atoms with van der Waals surface area (Å²) in [6.07, 6.45) is 9.14. The molecule has 0 atom stereocenters. The van der Waals surface area contributed by atoms with Gasteiger partial charge in [0.1, 0.15) is 18.1 Å². The molecule has 0 amide bonds. The zero-order valence-electron chi connectivity index (χ0n) is 16.7. The highest BCUT2D eigenvalue weighted by Crippen LogP contribution is 2.75. The Morgan fingerprint density at radius 2 is 2.00 bits per heavy atom. The molecule has 3 aliphatic rings. The molecule has 0 unspecified atom stereocenters. The van der Waals surface area contributed by atoms with Crippen LogP contribution in [0.5, 0.6) is 5.75 Å². The van der Waals surface area contributed by atoms with E-state index in [9.17, 15) is 9.59 Å². The van der Waals surface area contributed by atoms with Crippen LogP contribution in [0.1, 0.15) is 49.7 Å². The highest BCUT2D eigenvalue weighted by Gasteiger charge is 2.70. The molecule has 0 aliphatic heterocycles. The molecule has 1 heterocycles. The molecule has 5 heteroatoms. The first-order valence-electron chi connectivity index (χ1n) is 10.2. The maximum atomic E-state index is 12.6. The lowest BCUT2D eigenvalue weighted by Gasteiger charge is -2.70. The summed E-state index contributed by atoms with van der Waals surface area (Å²) in [6.45, 7) is 1.99. The molecule has 3 aliphatic carbocycles. The zero-order valence-corrected chi connectivity index (χ0v) is 17.5. The Morgan fingerprint density at radius 1 is 1.21 bits per heavy atom. The third-order valence-corrected chi connectivity index (χ3v) is 6.85. The minimum absolute atomic E-state index is 0.0510. The number of carbonyl (C=O) groups is 2. The van der Waals surface area contributed by atoms with Crippen LogP contribution in [0, 0.1) is 17.8 Å². The second-order valence-corrected chi connectivity index (χ2v) is 9.27. The van der Waals surface area contributed by atoms with Gasteiger partial charge in [0.25, 0.3) is 0 Å². The second kappa shape index (κ2) is 7.91. The van der Waals surface area contributed by atoms with Crippen LogP contribution in [0.4, 0.5) is 0 Å². The summed E-state index contributed by atoms with van der Waals surface area (Å²) in [5.41, 5.74) is 2.02. The van der Waals surface area contributed by atoms with Crippen LogP contribution in [0.3, 0.4) is 0 Å². The highest BCUT2D eigenvalue weighted by molar-refractivity contribution is 6.31. The van der Waals surface area contributed by atoms with Crippen molar-refractivity contribution >= 4 is 23.2 Å². The number of ether oxygens (including phenoxy) is 1. The number of nitrogens with zero attached hydrogens (tertiary/aromatic N) is 1. The minimum Gasteiger partial charge on any atom is -0.486 e. The van der Waals surface area contributed by atoms with Gasteiger partial charge in [0.2, 0.25) is 0 Å². The third kappa shape index (κ3) is 4.23. The van der Waals surface area contributed by atoms with Crippen molar-refractivity contribution < 1.29 is 14.3 Å². The summed E-state index contributed by atoms with van der Waals surface area (Å²) in [5.74, 6) is 1.15. The van der Waals surface area contributed by atoms with Crippen LogP contribution in [-0.2, 0) is 16.0 Å². The van der Waals surface area contributed by atoms with Crippen molar-refractivity contribution in [3.8, 4) is 5.75 Å². The van der Waals surface area contributed by atoms with E-state index >= 15 is 0 Å². The fourth-order valence-electron chi connectivity index (χ4n) is 5.09. The molecule has 2 aromatic rings. The van der Waals surface area contributed by atoms with Crippen molar-refractivity contribution in [3.63, 3.8) is 0 Å². The van der Waals surface area contributed by atoms with Crippen molar-refractivity contribution in [1.29, 1.82) is 0 Å². The van der Waals surface area contributed by atoms with Crippen LogP contribution in [0.15, 0.2) is 42.7 Å². The fourth-order valence-corrected chi connectivity index (χ4v) is 5.20. The molecule has 152 valence electrons. The molecule has 3 saturated carbocycles. The van der Waals surface area contributed by atoms with Crippen LogP contribution in [0.2, 0.25) is 5.02 Å². The maximum Gasteiger partial charge on any atom is 0.170 e. The SMILES string of the molecule is Cc1cc(OCC(=O)CC23CC(C(=O)CCCc4cccnc4)(C2)C3)ccc1Cl. The third-order valence-electron chi connectivity index (χ3n) is 6.43. The normalized spacial score (nSPS) is 24.3. The van der Waals surface area contributed by atoms with Gasteiger partial charge < -0.3 is 4.74 Å². The summed E-state index contributed by atoms with van der Waals surface area (Å²) in [5, 5.41) is 0.688. The first-order valence-corrected chi connectivity index (χ1v) is 10.6. The second-order valence-electron chi connectivity index (χ2n) is 8.86. The van der Waals surface area contributed by atoms with Crippen LogP contribution in [0.25, 0.3) is 0 Å². The molecular weight excluding hydrogens is 386 g/mol. The topological polar surface area (TPSA) is 56.3 Å². The number of hydrogen-bond acceptors (Lipinski definition) is 4. The Hall–Kier alpha value is -2.20. The molecular formula is C24H26ClNO3. The lowest BCUT2D eigenvalue weighted by molar-refractivity contribution is -0.208. The van der Waals surface area contributed by atoms with E-state index in [1.165, 1.54) is 5.56 Å². The van der Waals surface area contributed by atoms with E-state index in [0.29, 0.717) is 29.4 Å². The number of carbonyl (C=O) groups excluding carboxylic acids is 2. The molecule has 1 aromatic heterocycles. The van der Waals surface area contributed by atoms with Gasteiger partial charge in [-0.3, -0.25) is 14.6 Å². The van der Waals surface area contributed by atoms with Gasteiger partial charge in [0, 0.05) is 35.7 Å².